The summed E-state index contributed by atoms with van der Waals surface area (Å²) in [5.74, 6) is 2.20. The highest BCUT2D eigenvalue weighted by molar-refractivity contribution is 6.30. The number of rotatable bonds is 4. The Balaban J connectivity index is 1.45. The number of hydrogen-bond acceptors (Lipinski definition) is 4. The van der Waals surface area contributed by atoms with Crippen LogP contribution in [0.3, 0.4) is 0 Å². The number of benzene rings is 2. The number of ether oxygens (including phenoxy) is 1. The van der Waals surface area contributed by atoms with Gasteiger partial charge in [0.25, 0.3) is 5.91 Å². The number of aromatic nitrogens is 2. The zero-order valence-electron chi connectivity index (χ0n) is 17.5. The highest BCUT2D eigenvalue weighted by Gasteiger charge is 2.30. The van der Waals surface area contributed by atoms with Gasteiger partial charge in [-0.25, -0.2) is 9.97 Å². The normalized spacial score (nSPS) is 15.9. The van der Waals surface area contributed by atoms with Crippen LogP contribution >= 0.6 is 11.6 Å². The van der Waals surface area contributed by atoms with Crippen molar-refractivity contribution >= 4 is 17.5 Å². The van der Waals surface area contributed by atoms with Gasteiger partial charge in [0.15, 0.2) is 0 Å². The molecular weight excluding hydrogens is 410 g/mol. The maximum absolute atomic E-state index is 13.1. The third kappa shape index (κ3) is 4.15. The van der Waals surface area contributed by atoms with Gasteiger partial charge < -0.3 is 9.64 Å². The monoisotopic (exact) mass is 433 g/mol. The summed E-state index contributed by atoms with van der Waals surface area (Å²) in [6, 6.07) is 15.1. The van der Waals surface area contributed by atoms with Crippen LogP contribution < -0.4 is 4.74 Å². The largest absolute Gasteiger partial charge is 0.497 e. The second-order valence-corrected chi connectivity index (χ2v) is 8.59. The van der Waals surface area contributed by atoms with Crippen molar-refractivity contribution in [3.8, 4) is 17.0 Å². The van der Waals surface area contributed by atoms with Crippen molar-refractivity contribution < 1.29 is 9.53 Å². The van der Waals surface area contributed by atoms with Crippen LogP contribution in [0.4, 0.5) is 0 Å². The Labute approximate surface area is 187 Å². The summed E-state index contributed by atoms with van der Waals surface area (Å²) in [6.07, 6.45) is 3.78. The highest BCUT2D eigenvalue weighted by atomic mass is 35.5. The smallest absolute Gasteiger partial charge is 0.253 e. The van der Waals surface area contributed by atoms with Gasteiger partial charge in [-0.1, -0.05) is 23.7 Å². The van der Waals surface area contributed by atoms with E-state index in [0.717, 1.165) is 59.8 Å². The third-order valence-electron chi connectivity index (χ3n) is 6.04. The Morgan fingerprint density at radius 3 is 2.39 bits per heavy atom. The summed E-state index contributed by atoms with van der Waals surface area (Å²) in [4.78, 5) is 24.9. The molecule has 0 atom stereocenters. The molecule has 158 valence electrons. The number of halogens is 1. The molecule has 0 saturated heterocycles. The van der Waals surface area contributed by atoms with E-state index < -0.39 is 0 Å². The number of hydrogen-bond donors (Lipinski definition) is 0. The zero-order valence-corrected chi connectivity index (χ0v) is 18.2. The zero-order chi connectivity index (χ0) is 21.4. The Morgan fingerprint density at radius 2 is 1.71 bits per heavy atom. The Morgan fingerprint density at radius 1 is 1.00 bits per heavy atom. The van der Waals surface area contributed by atoms with E-state index >= 15 is 0 Å². The van der Waals surface area contributed by atoms with Crippen molar-refractivity contribution in [2.75, 3.05) is 20.2 Å². The summed E-state index contributed by atoms with van der Waals surface area (Å²) < 4.78 is 5.21. The average molecular weight is 434 g/mol. The molecular formula is C25H24ClN3O2. The van der Waals surface area contributed by atoms with Crippen LogP contribution in [0.1, 0.15) is 46.2 Å². The first-order valence-corrected chi connectivity index (χ1v) is 11.1. The summed E-state index contributed by atoms with van der Waals surface area (Å²) in [6.45, 7) is 1.30. The Hall–Kier alpha value is -2.92. The fraction of sp³-hybridized carbons (Fsp3) is 0.320. The molecule has 5 rings (SSSR count). The lowest BCUT2D eigenvalue weighted by molar-refractivity contribution is 0.0763. The van der Waals surface area contributed by atoms with Crippen molar-refractivity contribution in [3.05, 3.63) is 76.2 Å². The van der Waals surface area contributed by atoms with E-state index in [1.807, 2.05) is 53.4 Å². The minimum atomic E-state index is 0.0406. The number of methoxy groups -OCH3 is 1. The van der Waals surface area contributed by atoms with Gasteiger partial charge in [-0.15, -0.1) is 0 Å². The van der Waals surface area contributed by atoms with Crippen LogP contribution in [0.2, 0.25) is 5.02 Å². The van der Waals surface area contributed by atoms with Gasteiger partial charge in [-0.3, -0.25) is 4.79 Å². The molecule has 3 aromatic rings. The van der Waals surface area contributed by atoms with Crippen molar-refractivity contribution in [1.82, 2.24) is 14.9 Å². The summed E-state index contributed by atoms with van der Waals surface area (Å²) in [5, 5.41) is 0.711. The standard InChI is InChI=1S/C25H24ClN3O2/c1-31-20-10-6-18(7-11-20)25(30)29-14-12-21-22(13-15-29)27-24(17-2-3-17)28-23(21)16-4-8-19(26)9-5-16/h4-11,17H,2-3,12-15H2,1H3. The predicted octanol–water partition coefficient (Wildman–Crippen LogP) is 4.92. The van der Waals surface area contributed by atoms with Crippen LogP contribution in [0.5, 0.6) is 5.75 Å². The van der Waals surface area contributed by atoms with Gasteiger partial charge >= 0.3 is 0 Å². The van der Waals surface area contributed by atoms with Crippen molar-refractivity contribution in [2.24, 2.45) is 0 Å². The van der Waals surface area contributed by atoms with Crippen LogP contribution in [0, 0.1) is 0 Å². The summed E-state index contributed by atoms with van der Waals surface area (Å²) in [7, 11) is 1.62. The lowest BCUT2D eigenvalue weighted by Crippen LogP contribution is -2.33. The summed E-state index contributed by atoms with van der Waals surface area (Å²) in [5.41, 5.74) is 4.94. The first kappa shape index (κ1) is 20.0. The molecule has 0 unspecified atom stereocenters. The van der Waals surface area contributed by atoms with Crippen LogP contribution in [0.15, 0.2) is 48.5 Å². The molecule has 2 heterocycles. The molecule has 1 amide bonds. The number of carbonyl (C=O) groups is 1. The van der Waals surface area contributed by atoms with Crippen LogP contribution in [-0.4, -0.2) is 41.0 Å². The van der Waals surface area contributed by atoms with Gasteiger partial charge in [-0.2, -0.15) is 0 Å². The van der Waals surface area contributed by atoms with Crippen molar-refractivity contribution in [2.45, 2.75) is 31.6 Å². The van der Waals surface area contributed by atoms with E-state index in [2.05, 4.69) is 0 Å². The molecule has 2 aliphatic rings. The first-order valence-electron chi connectivity index (χ1n) is 10.7. The molecule has 1 aliphatic carbocycles. The molecule has 0 bridgehead atoms. The maximum atomic E-state index is 13.1. The van der Waals surface area contributed by atoms with Crippen LogP contribution in [0.25, 0.3) is 11.3 Å². The average Bonchev–Trinajstić information content (AvgIpc) is 3.66. The molecule has 1 aromatic heterocycles. The van der Waals surface area contributed by atoms with Gasteiger partial charge in [0.1, 0.15) is 11.6 Å². The van der Waals surface area contributed by atoms with Crippen molar-refractivity contribution in [3.63, 3.8) is 0 Å². The van der Waals surface area contributed by atoms with Gasteiger partial charge in [0, 0.05) is 52.8 Å². The third-order valence-corrected chi connectivity index (χ3v) is 6.30. The maximum Gasteiger partial charge on any atom is 0.253 e. The molecule has 2 aromatic carbocycles. The minimum Gasteiger partial charge on any atom is -0.497 e. The second kappa shape index (κ2) is 8.31. The molecule has 1 saturated carbocycles. The molecule has 6 heteroatoms. The number of fused-ring (bicyclic) bond motifs is 1. The van der Waals surface area contributed by atoms with E-state index in [1.165, 1.54) is 0 Å². The first-order chi connectivity index (χ1) is 15.1. The topological polar surface area (TPSA) is 55.3 Å². The predicted molar refractivity (Wildman–Crippen MR) is 121 cm³/mol. The molecule has 1 aliphatic heterocycles. The quantitative estimate of drug-likeness (QED) is 0.585. The fourth-order valence-electron chi connectivity index (χ4n) is 4.11. The van der Waals surface area contributed by atoms with E-state index in [4.69, 9.17) is 26.3 Å². The van der Waals surface area contributed by atoms with Crippen LogP contribution in [-0.2, 0) is 12.8 Å². The number of carbonyl (C=O) groups excluding carboxylic acids is 1. The lowest BCUT2D eigenvalue weighted by atomic mass is 10.0. The van der Waals surface area contributed by atoms with E-state index in [1.54, 1.807) is 7.11 Å². The SMILES string of the molecule is COc1ccc(C(=O)N2CCc3nc(C4CC4)nc(-c4ccc(Cl)cc4)c3CC2)cc1. The van der Waals surface area contributed by atoms with Gasteiger partial charge in [-0.05, 0) is 55.7 Å². The number of nitrogens with zero attached hydrogens (tertiary/aromatic N) is 3. The molecule has 1 fully saturated rings. The molecule has 31 heavy (non-hydrogen) atoms. The van der Waals surface area contributed by atoms with E-state index in [0.29, 0.717) is 29.6 Å². The Kier molecular flexibility index (Phi) is 5.36. The molecule has 0 radical (unpaired) electrons. The fourth-order valence-corrected chi connectivity index (χ4v) is 4.23. The van der Waals surface area contributed by atoms with Gasteiger partial charge in [0.2, 0.25) is 0 Å². The summed E-state index contributed by atoms with van der Waals surface area (Å²) >= 11 is 6.11. The van der Waals surface area contributed by atoms with E-state index in [-0.39, 0.29) is 5.91 Å². The minimum absolute atomic E-state index is 0.0406. The molecule has 0 N–H and O–H groups in total. The second-order valence-electron chi connectivity index (χ2n) is 8.16. The van der Waals surface area contributed by atoms with E-state index in [9.17, 15) is 4.79 Å². The lowest BCUT2D eigenvalue weighted by Gasteiger charge is -2.20. The van der Waals surface area contributed by atoms with Gasteiger partial charge in [0.05, 0.1) is 12.8 Å². The van der Waals surface area contributed by atoms with Crippen molar-refractivity contribution in [1.29, 1.82) is 0 Å². The Bertz CT molecular complexity index is 1110. The highest BCUT2D eigenvalue weighted by Crippen LogP contribution is 2.40. The molecule has 5 nitrogen and oxygen atoms in total. The molecule has 0 spiro atoms. The number of amides is 1.